The topological polar surface area (TPSA) is 150 Å². The Morgan fingerprint density at radius 3 is 2.08 bits per heavy atom. The van der Waals surface area contributed by atoms with Crippen LogP contribution >= 0.6 is 0 Å². The van der Waals surface area contributed by atoms with Gasteiger partial charge in [0.2, 0.25) is 5.75 Å². The number of nitro groups is 2. The van der Waals surface area contributed by atoms with E-state index in [0.717, 1.165) is 30.3 Å². The number of nitrogens with zero attached hydrogens (tertiary/aromatic N) is 2. The molecule has 0 unspecified atom stereocenters. The smallest absolute Gasteiger partial charge is 0.388 e. The third kappa shape index (κ3) is 3.16. The van der Waals surface area contributed by atoms with E-state index >= 15 is 0 Å². The minimum atomic E-state index is -1.39. The number of nitro benzene ring substituents is 2. The van der Waals surface area contributed by atoms with Gasteiger partial charge in [0.15, 0.2) is 0 Å². The minimum absolute atomic E-state index is 0.342. The molecule has 10 nitrogen and oxygen atoms in total. The Morgan fingerprint density at radius 1 is 0.917 bits per heavy atom. The summed E-state index contributed by atoms with van der Waals surface area (Å²) in [5, 5.41) is 31.0. The van der Waals surface area contributed by atoms with Gasteiger partial charge < -0.3 is 9.84 Å². The molecule has 24 heavy (non-hydrogen) atoms. The number of carboxylic acids is 1. The van der Waals surface area contributed by atoms with E-state index in [4.69, 9.17) is 9.84 Å². The third-order valence-electron chi connectivity index (χ3n) is 2.94. The van der Waals surface area contributed by atoms with Gasteiger partial charge >= 0.3 is 23.3 Å². The zero-order chi connectivity index (χ0) is 17.9. The molecule has 2 rings (SSSR count). The van der Waals surface area contributed by atoms with Crippen LogP contribution in [-0.2, 0) is 0 Å². The van der Waals surface area contributed by atoms with Crippen LogP contribution in [0.1, 0.15) is 20.7 Å². The number of aromatic carboxylic acids is 1. The van der Waals surface area contributed by atoms with Gasteiger partial charge in [-0.1, -0.05) is 18.2 Å². The molecule has 0 atom stereocenters. The monoisotopic (exact) mass is 332 g/mol. The van der Waals surface area contributed by atoms with Crippen LogP contribution in [0.4, 0.5) is 11.4 Å². The molecule has 0 saturated heterocycles. The minimum Gasteiger partial charge on any atom is -0.478 e. The number of carboxylic acid groups (broad SMARTS) is 1. The quantitative estimate of drug-likeness (QED) is 0.379. The molecule has 0 heterocycles. The predicted molar refractivity (Wildman–Crippen MR) is 78.1 cm³/mol. The summed E-state index contributed by atoms with van der Waals surface area (Å²) < 4.78 is 4.83. The summed E-state index contributed by atoms with van der Waals surface area (Å²) in [5.41, 5.74) is -2.55. The van der Waals surface area contributed by atoms with Gasteiger partial charge in [0, 0.05) is 6.07 Å². The molecule has 0 amide bonds. The standard InChI is InChI=1S/C14H8N2O8/c17-13(18)8-4-1-2-5-9(8)14(19)24-11-7-3-6-10(15(20)21)12(11)16(22)23/h1-7H,(H,17,18). The SMILES string of the molecule is O=C(O)c1ccccc1C(=O)Oc1cccc([N+](=O)[O-])c1[N+](=O)[O-]. The number of hydrogen-bond acceptors (Lipinski definition) is 7. The summed E-state index contributed by atoms with van der Waals surface area (Å²) >= 11 is 0. The van der Waals surface area contributed by atoms with Gasteiger partial charge in [-0.15, -0.1) is 0 Å². The summed E-state index contributed by atoms with van der Waals surface area (Å²) in [6, 6.07) is 8.08. The van der Waals surface area contributed by atoms with Crippen molar-refractivity contribution >= 4 is 23.3 Å². The highest BCUT2D eigenvalue weighted by atomic mass is 16.6. The normalized spacial score (nSPS) is 10.0. The molecular formula is C14H8N2O8. The first kappa shape index (κ1) is 16.5. The van der Waals surface area contributed by atoms with Gasteiger partial charge in [-0.25, -0.2) is 9.59 Å². The van der Waals surface area contributed by atoms with Gasteiger partial charge in [-0.05, 0) is 18.2 Å². The highest BCUT2D eigenvalue weighted by Gasteiger charge is 2.31. The van der Waals surface area contributed by atoms with Crippen LogP contribution < -0.4 is 4.74 Å². The molecule has 2 aromatic carbocycles. The van der Waals surface area contributed by atoms with Gasteiger partial charge in [-0.3, -0.25) is 20.2 Å². The lowest BCUT2D eigenvalue weighted by molar-refractivity contribution is -0.422. The number of carbonyl (C=O) groups excluding carboxylic acids is 1. The maximum absolute atomic E-state index is 12.1. The zero-order valence-corrected chi connectivity index (χ0v) is 11.7. The fourth-order valence-corrected chi connectivity index (χ4v) is 1.93. The molecule has 2 aromatic rings. The maximum Gasteiger partial charge on any atom is 0.388 e. The third-order valence-corrected chi connectivity index (χ3v) is 2.94. The summed E-state index contributed by atoms with van der Waals surface area (Å²) in [6.45, 7) is 0. The van der Waals surface area contributed by atoms with Crippen molar-refractivity contribution in [2.75, 3.05) is 0 Å². The molecule has 0 fully saturated rings. The van der Waals surface area contributed by atoms with E-state index in [2.05, 4.69) is 0 Å². The zero-order valence-electron chi connectivity index (χ0n) is 11.7. The molecule has 122 valence electrons. The molecule has 10 heteroatoms. The van der Waals surface area contributed by atoms with Crippen LogP contribution in [0.3, 0.4) is 0 Å². The summed E-state index contributed by atoms with van der Waals surface area (Å²) in [4.78, 5) is 43.1. The second-order valence-corrected chi connectivity index (χ2v) is 4.38. The molecule has 0 bridgehead atoms. The second kappa shape index (κ2) is 6.52. The average molecular weight is 332 g/mol. The van der Waals surface area contributed by atoms with E-state index in [-0.39, 0.29) is 11.1 Å². The molecule has 0 aromatic heterocycles. The first-order chi connectivity index (χ1) is 11.3. The van der Waals surface area contributed by atoms with Crippen molar-refractivity contribution in [3.63, 3.8) is 0 Å². The fourth-order valence-electron chi connectivity index (χ4n) is 1.93. The van der Waals surface area contributed by atoms with Crippen molar-refractivity contribution < 1.29 is 29.3 Å². The average Bonchev–Trinajstić information content (AvgIpc) is 2.54. The largest absolute Gasteiger partial charge is 0.478 e. The number of esters is 1. The van der Waals surface area contributed by atoms with Crippen LogP contribution in [0.25, 0.3) is 0 Å². The Balaban J connectivity index is 2.48. The van der Waals surface area contributed by atoms with Crippen molar-refractivity contribution in [1.82, 2.24) is 0 Å². The highest BCUT2D eigenvalue weighted by Crippen LogP contribution is 2.36. The van der Waals surface area contributed by atoms with E-state index in [1.807, 2.05) is 0 Å². The lowest BCUT2D eigenvalue weighted by Gasteiger charge is -2.07. The van der Waals surface area contributed by atoms with Gasteiger partial charge in [0.05, 0.1) is 21.0 Å². The number of rotatable bonds is 5. The molecule has 1 N–H and O–H groups in total. The van der Waals surface area contributed by atoms with Gasteiger partial charge in [0.1, 0.15) is 0 Å². The molecule has 0 spiro atoms. The van der Waals surface area contributed by atoms with Crippen LogP contribution in [-0.4, -0.2) is 26.9 Å². The highest BCUT2D eigenvalue weighted by molar-refractivity contribution is 6.03. The number of benzene rings is 2. The Hall–Kier alpha value is -3.82. The van der Waals surface area contributed by atoms with E-state index in [1.165, 1.54) is 12.1 Å². The molecule has 0 radical (unpaired) electrons. The Labute approximate surface area is 133 Å². The van der Waals surface area contributed by atoms with Crippen LogP contribution in [0.5, 0.6) is 5.75 Å². The number of carbonyl (C=O) groups is 2. The van der Waals surface area contributed by atoms with Crippen molar-refractivity contribution in [1.29, 1.82) is 0 Å². The number of ether oxygens (including phenoxy) is 1. The lowest BCUT2D eigenvalue weighted by atomic mass is 10.1. The van der Waals surface area contributed by atoms with Crippen LogP contribution in [0.15, 0.2) is 42.5 Å². The molecule has 0 saturated carbocycles. The second-order valence-electron chi connectivity index (χ2n) is 4.38. The molecule has 0 aliphatic rings. The van der Waals surface area contributed by atoms with Crippen molar-refractivity contribution in [2.45, 2.75) is 0 Å². The first-order valence-corrected chi connectivity index (χ1v) is 6.29. The number of para-hydroxylation sites is 1. The van der Waals surface area contributed by atoms with E-state index in [1.54, 1.807) is 0 Å². The first-order valence-electron chi connectivity index (χ1n) is 6.29. The van der Waals surface area contributed by atoms with E-state index in [9.17, 15) is 29.8 Å². The maximum atomic E-state index is 12.1. The number of hydrogen-bond donors (Lipinski definition) is 1. The molecular weight excluding hydrogens is 324 g/mol. The summed E-state index contributed by atoms with van der Waals surface area (Å²) in [6.07, 6.45) is 0. The Bertz CT molecular complexity index is 862. The van der Waals surface area contributed by atoms with E-state index < -0.39 is 38.9 Å². The van der Waals surface area contributed by atoms with Crippen molar-refractivity contribution in [3.8, 4) is 5.75 Å². The van der Waals surface area contributed by atoms with Crippen LogP contribution in [0, 0.1) is 20.2 Å². The van der Waals surface area contributed by atoms with Crippen molar-refractivity contribution in [3.05, 3.63) is 73.8 Å². The van der Waals surface area contributed by atoms with E-state index in [0.29, 0.717) is 0 Å². The van der Waals surface area contributed by atoms with Crippen LogP contribution in [0.2, 0.25) is 0 Å². The van der Waals surface area contributed by atoms with Gasteiger partial charge in [-0.2, -0.15) is 0 Å². The fraction of sp³-hybridized carbons (Fsp3) is 0. The molecule has 0 aliphatic carbocycles. The summed E-state index contributed by atoms with van der Waals surface area (Å²) in [5.74, 6) is -3.23. The Morgan fingerprint density at radius 2 is 1.54 bits per heavy atom. The lowest BCUT2D eigenvalue weighted by Crippen LogP contribution is -2.15. The Kier molecular flexibility index (Phi) is 4.50. The summed E-state index contributed by atoms with van der Waals surface area (Å²) in [7, 11) is 0. The predicted octanol–water partition coefficient (Wildman–Crippen LogP) is 2.42. The van der Waals surface area contributed by atoms with Crippen molar-refractivity contribution in [2.24, 2.45) is 0 Å². The van der Waals surface area contributed by atoms with Gasteiger partial charge in [0.25, 0.3) is 0 Å². The molecule has 0 aliphatic heterocycles.